The van der Waals surface area contributed by atoms with Gasteiger partial charge in [-0.25, -0.2) is 4.98 Å². The molecular formula is C31H35N7O2. The first kappa shape index (κ1) is 29.6. The van der Waals surface area contributed by atoms with E-state index in [0.717, 1.165) is 47.1 Å². The van der Waals surface area contributed by atoms with Crippen LogP contribution in [0.3, 0.4) is 0 Å². The van der Waals surface area contributed by atoms with Gasteiger partial charge in [0.1, 0.15) is 12.1 Å². The number of nitriles is 1. The summed E-state index contributed by atoms with van der Waals surface area (Å²) in [5.74, 6) is 0.647. The molecule has 9 heteroatoms. The molecule has 9 nitrogen and oxygen atoms in total. The lowest BCUT2D eigenvalue weighted by molar-refractivity contribution is -0.117. The van der Waals surface area contributed by atoms with E-state index in [4.69, 9.17) is 16.7 Å². The lowest BCUT2D eigenvalue weighted by atomic mass is 9.90. The molecular weight excluding hydrogens is 502 g/mol. The van der Waals surface area contributed by atoms with Gasteiger partial charge in [-0.3, -0.25) is 14.6 Å². The molecule has 4 rings (SSSR count). The summed E-state index contributed by atoms with van der Waals surface area (Å²) in [6, 6.07) is 15.0. The number of aldehydes is 1. The van der Waals surface area contributed by atoms with Crippen LogP contribution in [-0.4, -0.2) is 29.2 Å². The lowest BCUT2D eigenvalue weighted by Gasteiger charge is -2.13. The second kappa shape index (κ2) is 13.2. The summed E-state index contributed by atoms with van der Waals surface area (Å²) in [5, 5.41) is 14.8. The van der Waals surface area contributed by atoms with Crippen molar-refractivity contribution in [3.63, 3.8) is 0 Å². The fourth-order valence-corrected chi connectivity index (χ4v) is 3.73. The number of aromatic nitrogens is 2. The van der Waals surface area contributed by atoms with Crippen LogP contribution in [-0.2, 0) is 10.2 Å². The van der Waals surface area contributed by atoms with E-state index in [0.29, 0.717) is 22.8 Å². The van der Waals surface area contributed by atoms with Crippen molar-refractivity contribution < 1.29 is 9.59 Å². The quantitative estimate of drug-likeness (QED) is 0.236. The number of amides is 1. The van der Waals surface area contributed by atoms with Crippen LogP contribution in [0.15, 0.2) is 67.1 Å². The van der Waals surface area contributed by atoms with Crippen LogP contribution >= 0.6 is 0 Å². The largest absolute Gasteiger partial charge is 0.404 e. The zero-order valence-electron chi connectivity index (χ0n) is 23.2. The molecule has 0 spiro atoms. The van der Waals surface area contributed by atoms with E-state index in [1.54, 1.807) is 44.4 Å². The molecule has 2 heterocycles. The van der Waals surface area contributed by atoms with Crippen LogP contribution in [0.5, 0.6) is 0 Å². The number of aryl methyl sites for hydroxylation is 1. The Bertz CT molecular complexity index is 1480. The predicted octanol–water partition coefficient (Wildman–Crippen LogP) is 4.77. The Morgan fingerprint density at radius 2 is 1.85 bits per heavy atom. The third-order valence-corrected chi connectivity index (χ3v) is 6.46. The standard InChI is InChI=1S/C21H25N5O.C10H10N2O/c1-13-3-6-17(24-2)11-18(13)16(12-22)9-19(23)15-7-8-25-20(10-15)26-21(27)14-4-5-14;1-10(2,7-11)9-5-8(6-13)3-4-12-9/h3,6-12,14,24H,4-5,22-23H2,1-2H3,(H,25,26,27);3-6H,1-2H3/b16-12+,19-9-;. The summed E-state index contributed by atoms with van der Waals surface area (Å²) in [4.78, 5) is 30.6. The van der Waals surface area contributed by atoms with E-state index in [-0.39, 0.29) is 11.8 Å². The van der Waals surface area contributed by atoms with Crippen molar-refractivity contribution >= 4 is 35.0 Å². The molecule has 1 aliphatic carbocycles. The second-order valence-electron chi connectivity index (χ2n) is 10.0. The van der Waals surface area contributed by atoms with Gasteiger partial charge >= 0.3 is 0 Å². The van der Waals surface area contributed by atoms with Crippen molar-refractivity contribution in [2.24, 2.45) is 17.4 Å². The monoisotopic (exact) mass is 537 g/mol. The van der Waals surface area contributed by atoms with E-state index in [9.17, 15) is 9.59 Å². The van der Waals surface area contributed by atoms with Crippen molar-refractivity contribution in [1.29, 1.82) is 5.26 Å². The van der Waals surface area contributed by atoms with E-state index in [1.165, 1.54) is 6.20 Å². The van der Waals surface area contributed by atoms with Gasteiger partial charge in [0.2, 0.25) is 5.91 Å². The molecule has 0 aliphatic heterocycles. The van der Waals surface area contributed by atoms with Gasteiger partial charge in [0.05, 0.1) is 17.2 Å². The number of allylic oxidation sites excluding steroid dienone is 2. The van der Waals surface area contributed by atoms with Crippen molar-refractivity contribution in [1.82, 2.24) is 9.97 Å². The number of carbonyl (C=O) groups is 2. The molecule has 40 heavy (non-hydrogen) atoms. The van der Waals surface area contributed by atoms with Gasteiger partial charge in [-0.2, -0.15) is 5.26 Å². The van der Waals surface area contributed by atoms with Gasteiger partial charge in [0.25, 0.3) is 0 Å². The molecule has 2 aromatic heterocycles. The van der Waals surface area contributed by atoms with Crippen LogP contribution in [0.2, 0.25) is 0 Å². The smallest absolute Gasteiger partial charge is 0.228 e. The highest BCUT2D eigenvalue weighted by Gasteiger charge is 2.29. The summed E-state index contributed by atoms with van der Waals surface area (Å²) in [6.07, 6.45) is 9.20. The van der Waals surface area contributed by atoms with Gasteiger partial charge in [0, 0.05) is 54.1 Å². The topological polar surface area (TPSA) is 160 Å². The van der Waals surface area contributed by atoms with Crippen molar-refractivity contribution in [3.05, 3.63) is 95.1 Å². The molecule has 0 unspecified atom stereocenters. The normalized spacial score (nSPS) is 13.4. The number of hydrogen-bond donors (Lipinski definition) is 4. The highest BCUT2D eigenvalue weighted by Crippen LogP contribution is 2.30. The van der Waals surface area contributed by atoms with E-state index >= 15 is 0 Å². The molecule has 1 amide bonds. The maximum Gasteiger partial charge on any atom is 0.228 e. The SMILES string of the molecule is CC(C)(C#N)c1cc(C=O)ccn1.CNc1ccc(C)c(C(/C=C(\N)c2ccnc(NC(=O)C3CC3)c2)=C/N)c1. The van der Waals surface area contributed by atoms with Gasteiger partial charge in [-0.15, -0.1) is 0 Å². The van der Waals surface area contributed by atoms with Crippen LogP contribution in [0, 0.1) is 24.2 Å². The summed E-state index contributed by atoms with van der Waals surface area (Å²) in [6.45, 7) is 5.56. The zero-order valence-corrected chi connectivity index (χ0v) is 23.2. The third-order valence-electron chi connectivity index (χ3n) is 6.46. The number of anilines is 2. The Balaban J connectivity index is 0.000000285. The Hall–Kier alpha value is -4.97. The molecule has 1 saturated carbocycles. The molecule has 3 aromatic rings. The van der Waals surface area contributed by atoms with Gasteiger partial charge in [0.15, 0.2) is 0 Å². The lowest BCUT2D eigenvalue weighted by Crippen LogP contribution is -2.16. The maximum absolute atomic E-state index is 11.9. The zero-order chi connectivity index (χ0) is 29.3. The minimum absolute atomic E-state index is 0.0178. The van der Waals surface area contributed by atoms with Crippen molar-refractivity contribution in [2.45, 2.75) is 39.0 Å². The minimum atomic E-state index is -0.640. The highest BCUT2D eigenvalue weighted by atomic mass is 16.2. The number of nitrogens with two attached hydrogens (primary N) is 2. The number of rotatable bonds is 8. The summed E-state index contributed by atoms with van der Waals surface area (Å²) in [5.41, 5.74) is 18.0. The minimum Gasteiger partial charge on any atom is -0.404 e. The Kier molecular flexibility index (Phi) is 9.76. The fourth-order valence-electron chi connectivity index (χ4n) is 3.73. The molecule has 0 bridgehead atoms. The van der Waals surface area contributed by atoms with Crippen molar-refractivity contribution in [3.8, 4) is 6.07 Å². The molecule has 206 valence electrons. The first-order valence-corrected chi connectivity index (χ1v) is 12.9. The van der Waals surface area contributed by atoms with Crippen LogP contribution in [0.4, 0.5) is 11.5 Å². The average Bonchev–Trinajstić information content (AvgIpc) is 3.83. The first-order valence-electron chi connectivity index (χ1n) is 12.9. The number of hydrogen-bond acceptors (Lipinski definition) is 8. The van der Waals surface area contributed by atoms with Crippen LogP contribution in [0.1, 0.15) is 59.4 Å². The van der Waals surface area contributed by atoms with Gasteiger partial charge in [-0.05, 0) is 92.8 Å². The maximum atomic E-state index is 11.9. The second-order valence-corrected chi connectivity index (χ2v) is 10.0. The molecule has 1 fully saturated rings. The summed E-state index contributed by atoms with van der Waals surface area (Å²) >= 11 is 0. The first-order chi connectivity index (χ1) is 19.1. The molecule has 1 aromatic carbocycles. The molecule has 0 radical (unpaired) electrons. The number of nitrogens with zero attached hydrogens (tertiary/aromatic N) is 3. The van der Waals surface area contributed by atoms with E-state index in [1.807, 2.05) is 44.3 Å². The third kappa shape index (κ3) is 7.77. The van der Waals surface area contributed by atoms with Crippen molar-refractivity contribution in [2.75, 3.05) is 17.7 Å². The number of benzene rings is 1. The predicted molar refractivity (Wildman–Crippen MR) is 159 cm³/mol. The van der Waals surface area contributed by atoms with E-state index < -0.39 is 5.41 Å². The fraction of sp³-hybridized carbons (Fsp3) is 0.258. The molecule has 0 saturated heterocycles. The summed E-state index contributed by atoms with van der Waals surface area (Å²) in [7, 11) is 1.87. The summed E-state index contributed by atoms with van der Waals surface area (Å²) < 4.78 is 0. The highest BCUT2D eigenvalue weighted by molar-refractivity contribution is 5.93. The van der Waals surface area contributed by atoms with Gasteiger partial charge < -0.3 is 22.1 Å². The number of nitrogens with one attached hydrogen (secondary N) is 2. The average molecular weight is 538 g/mol. The van der Waals surface area contributed by atoms with Crippen LogP contribution < -0.4 is 22.1 Å². The molecule has 0 atom stereocenters. The Morgan fingerprint density at radius 3 is 2.48 bits per heavy atom. The number of carbonyl (C=O) groups excluding carboxylic acids is 2. The van der Waals surface area contributed by atoms with E-state index in [2.05, 4.69) is 26.7 Å². The Morgan fingerprint density at radius 1 is 1.12 bits per heavy atom. The Labute approximate surface area is 235 Å². The van der Waals surface area contributed by atoms with Gasteiger partial charge in [-0.1, -0.05) is 6.07 Å². The number of pyridine rings is 2. The van der Waals surface area contributed by atoms with Crippen LogP contribution in [0.25, 0.3) is 11.3 Å². The molecule has 6 N–H and O–H groups in total. The molecule has 1 aliphatic rings.